The summed E-state index contributed by atoms with van der Waals surface area (Å²) in [5.41, 5.74) is 2.05. The molecule has 0 aromatic heterocycles. The van der Waals surface area contributed by atoms with Crippen LogP contribution in [0.3, 0.4) is 0 Å². The number of carbonyl (C=O) groups excluding carboxylic acids is 2. The molecule has 0 heterocycles. The third kappa shape index (κ3) is 7.64. The van der Waals surface area contributed by atoms with Gasteiger partial charge >= 0.3 is 0 Å². The molecule has 0 aliphatic carbocycles. The number of sulfonamides is 1. The third-order valence-corrected chi connectivity index (χ3v) is 9.08. The quantitative estimate of drug-likeness (QED) is 0.284. The van der Waals surface area contributed by atoms with E-state index in [2.05, 4.69) is 19.2 Å². The second-order valence-corrected chi connectivity index (χ2v) is 12.4. The van der Waals surface area contributed by atoms with Crippen LogP contribution in [0, 0.1) is 0 Å². The van der Waals surface area contributed by atoms with Crippen molar-refractivity contribution < 1.29 is 18.0 Å². The molecule has 214 valence electrons. The molecule has 0 bridgehead atoms. The molecule has 0 saturated carbocycles. The van der Waals surface area contributed by atoms with E-state index >= 15 is 0 Å². The Morgan fingerprint density at radius 3 is 2.05 bits per heavy atom. The summed E-state index contributed by atoms with van der Waals surface area (Å²) in [7, 11) is -4.11. The predicted octanol–water partition coefficient (Wildman–Crippen LogP) is 5.99. The Hall–Kier alpha value is -3.36. The minimum atomic E-state index is -4.11. The number of nitrogens with one attached hydrogen (secondary N) is 1. The van der Waals surface area contributed by atoms with E-state index in [0.717, 1.165) is 16.3 Å². The second kappa shape index (κ2) is 13.8. The highest BCUT2D eigenvalue weighted by molar-refractivity contribution is 7.92. The highest BCUT2D eigenvalue weighted by atomic mass is 35.5. The number of hydrogen-bond acceptors (Lipinski definition) is 4. The van der Waals surface area contributed by atoms with Crippen molar-refractivity contribution in [3.8, 4) is 0 Å². The maximum Gasteiger partial charge on any atom is 0.264 e. The minimum Gasteiger partial charge on any atom is -0.352 e. The van der Waals surface area contributed by atoms with Crippen LogP contribution in [0.5, 0.6) is 0 Å². The average molecular weight is 584 g/mol. The number of hydrogen-bond donors (Lipinski definition) is 1. The van der Waals surface area contributed by atoms with Crippen molar-refractivity contribution in [1.82, 2.24) is 10.2 Å². The normalized spacial score (nSPS) is 13.0. The Morgan fingerprint density at radius 1 is 0.875 bits per heavy atom. The first kappa shape index (κ1) is 31.2. The molecular formula is C31H38ClN3O4S. The van der Waals surface area contributed by atoms with Crippen molar-refractivity contribution >= 4 is 39.1 Å². The Bertz CT molecular complexity index is 1400. The molecule has 3 rings (SSSR count). The highest BCUT2D eigenvalue weighted by Gasteiger charge is 2.33. The van der Waals surface area contributed by atoms with E-state index in [1.807, 2.05) is 26.0 Å². The molecular weight excluding hydrogens is 546 g/mol. The van der Waals surface area contributed by atoms with E-state index in [0.29, 0.717) is 16.3 Å². The maximum absolute atomic E-state index is 14.0. The van der Waals surface area contributed by atoms with E-state index in [9.17, 15) is 18.0 Å². The van der Waals surface area contributed by atoms with Crippen LogP contribution in [-0.4, -0.2) is 43.8 Å². The SMILES string of the molecule is CC[C@H](C)NC(=O)[C@H](C)N(Cc1ccccc1Cl)C(=O)CN(c1ccc(C(C)C)cc1)S(=O)(=O)c1ccccc1. The first-order chi connectivity index (χ1) is 18.9. The van der Waals surface area contributed by atoms with Crippen molar-refractivity contribution in [2.75, 3.05) is 10.8 Å². The molecule has 0 aliphatic rings. The van der Waals surface area contributed by atoms with Crippen molar-refractivity contribution in [3.63, 3.8) is 0 Å². The first-order valence-electron chi connectivity index (χ1n) is 13.5. The molecule has 1 N–H and O–H groups in total. The summed E-state index contributed by atoms with van der Waals surface area (Å²) in [4.78, 5) is 28.6. The van der Waals surface area contributed by atoms with Crippen molar-refractivity contribution in [3.05, 3.63) is 95.0 Å². The number of carbonyl (C=O) groups is 2. The van der Waals surface area contributed by atoms with Crippen LogP contribution in [-0.2, 0) is 26.2 Å². The van der Waals surface area contributed by atoms with Crippen LogP contribution in [0.2, 0.25) is 5.02 Å². The molecule has 0 saturated heterocycles. The number of nitrogens with zero attached hydrogens (tertiary/aromatic N) is 2. The largest absolute Gasteiger partial charge is 0.352 e. The van der Waals surface area contributed by atoms with Gasteiger partial charge in [0.15, 0.2) is 0 Å². The summed E-state index contributed by atoms with van der Waals surface area (Å²) in [6.07, 6.45) is 0.729. The predicted molar refractivity (Wildman–Crippen MR) is 161 cm³/mol. The minimum absolute atomic E-state index is 0.0408. The molecule has 2 amide bonds. The monoisotopic (exact) mass is 583 g/mol. The Balaban J connectivity index is 2.04. The molecule has 2 atom stereocenters. The highest BCUT2D eigenvalue weighted by Crippen LogP contribution is 2.27. The van der Waals surface area contributed by atoms with Gasteiger partial charge in [-0.2, -0.15) is 0 Å². The Morgan fingerprint density at radius 2 is 1.48 bits per heavy atom. The van der Waals surface area contributed by atoms with Gasteiger partial charge in [-0.1, -0.05) is 80.9 Å². The molecule has 0 spiro atoms. The van der Waals surface area contributed by atoms with E-state index < -0.39 is 28.5 Å². The fourth-order valence-electron chi connectivity index (χ4n) is 4.13. The lowest BCUT2D eigenvalue weighted by atomic mass is 10.0. The van der Waals surface area contributed by atoms with Gasteiger partial charge in [-0.25, -0.2) is 8.42 Å². The van der Waals surface area contributed by atoms with Crippen LogP contribution in [0.25, 0.3) is 0 Å². The summed E-state index contributed by atoms with van der Waals surface area (Å²) in [5.74, 6) is -0.599. The Labute approximate surface area is 243 Å². The van der Waals surface area contributed by atoms with E-state index in [4.69, 9.17) is 11.6 Å². The summed E-state index contributed by atoms with van der Waals surface area (Å²) < 4.78 is 28.8. The summed E-state index contributed by atoms with van der Waals surface area (Å²) in [5, 5.41) is 3.38. The van der Waals surface area contributed by atoms with E-state index in [1.165, 1.54) is 17.0 Å². The molecule has 0 radical (unpaired) electrons. The van der Waals surface area contributed by atoms with Crippen molar-refractivity contribution in [2.45, 2.75) is 70.5 Å². The number of anilines is 1. The van der Waals surface area contributed by atoms with Gasteiger partial charge < -0.3 is 10.2 Å². The maximum atomic E-state index is 14.0. The summed E-state index contributed by atoms with van der Waals surface area (Å²) >= 11 is 6.41. The van der Waals surface area contributed by atoms with Crippen LogP contribution in [0.1, 0.15) is 58.1 Å². The Kier molecular flexibility index (Phi) is 10.8. The standard InChI is InChI=1S/C31H38ClN3O4S/c1-6-23(4)33-31(37)24(5)34(20-26-12-10-11-15-29(26)32)30(36)21-35(27-18-16-25(17-19-27)22(2)3)40(38,39)28-13-8-7-9-14-28/h7-19,22-24H,6,20-21H2,1-5H3,(H,33,37)/t23-,24-/m0/s1. The van der Waals surface area contributed by atoms with Gasteiger partial charge in [-0.15, -0.1) is 0 Å². The molecule has 40 heavy (non-hydrogen) atoms. The zero-order chi connectivity index (χ0) is 29.4. The van der Waals surface area contributed by atoms with Gasteiger partial charge in [0.2, 0.25) is 11.8 Å². The van der Waals surface area contributed by atoms with Crippen LogP contribution in [0.4, 0.5) is 5.69 Å². The zero-order valence-corrected chi connectivity index (χ0v) is 25.2. The van der Waals surface area contributed by atoms with Gasteiger partial charge in [0.05, 0.1) is 10.6 Å². The van der Waals surface area contributed by atoms with Gasteiger partial charge in [0.25, 0.3) is 10.0 Å². The molecule has 9 heteroatoms. The zero-order valence-electron chi connectivity index (χ0n) is 23.7. The molecule has 0 fully saturated rings. The topological polar surface area (TPSA) is 86.8 Å². The van der Waals surface area contributed by atoms with E-state index in [-0.39, 0.29) is 29.3 Å². The van der Waals surface area contributed by atoms with Gasteiger partial charge in [0, 0.05) is 17.6 Å². The molecule has 7 nitrogen and oxygen atoms in total. The van der Waals surface area contributed by atoms with Crippen molar-refractivity contribution in [2.24, 2.45) is 0 Å². The lowest BCUT2D eigenvalue weighted by Crippen LogP contribution is -2.52. The number of rotatable bonds is 12. The molecule has 3 aromatic carbocycles. The number of benzene rings is 3. The van der Waals surface area contributed by atoms with Gasteiger partial charge in [0.1, 0.15) is 12.6 Å². The fraction of sp³-hybridized carbons (Fsp3) is 0.355. The third-order valence-electron chi connectivity index (χ3n) is 6.92. The second-order valence-electron chi connectivity index (χ2n) is 10.2. The van der Waals surface area contributed by atoms with Crippen LogP contribution in [0.15, 0.2) is 83.8 Å². The average Bonchev–Trinajstić information content (AvgIpc) is 2.95. The first-order valence-corrected chi connectivity index (χ1v) is 15.3. The van der Waals surface area contributed by atoms with Gasteiger partial charge in [-0.3, -0.25) is 13.9 Å². The smallest absolute Gasteiger partial charge is 0.264 e. The lowest BCUT2D eigenvalue weighted by Gasteiger charge is -2.32. The summed E-state index contributed by atoms with van der Waals surface area (Å²) in [6, 6.07) is 21.3. The molecule has 3 aromatic rings. The summed E-state index contributed by atoms with van der Waals surface area (Å²) in [6.45, 7) is 9.13. The van der Waals surface area contributed by atoms with Crippen molar-refractivity contribution in [1.29, 1.82) is 0 Å². The number of amides is 2. The van der Waals surface area contributed by atoms with E-state index in [1.54, 1.807) is 61.5 Å². The molecule has 0 unspecified atom stereocenters. The fourth-order valence-corrected chi connectivity index (χ4v) is 5.76. The number of halogens is 1. The van der Waals surface area contributed by atoms with Crippen LogP contribution >= 0.6 is 11.6 Å². The van der Waals surface area contributed by atoms with Crippen LogP contribution < -0.4 is 9.62 Å². The molecule has 0 aliphatic heterocycles. The van der Waals surface area contributed by atoms with Gasteiger partial charge in [-0.05, 0) is 67.6 Å². The lowest BCUT2D eigenvalue weighted by molar-refractivity contribution is -0.139.